The predicted octanol–water partition coefficient (Wildman–Crippen LogP) is 3.84. The van der Waals surface area contributed by atoms with Gasteiger partial charge in [-0.2, -0.15) is 0 Å². The molecule has 5 nitrogen and oxygen atoms in total. The Labute approximate surface area is 214 Å². The molecule has 0 saturated heterocycles. The van der Waals surface area contributed by atoms with Gasteiger partial charge in [0.25, 0.3) is 10.0 Å². The molecule has 6 heteroatoms. The molecule has 0 bridgehead atoms. The van der Waals surface area contributed by atoms with E-state index >= 15 is 0 Å². The van der Waals surface area contributed by atoms with Crippen molar-refractivity contribution in [2.24, 2.45) is 0 Å². The van der Waals surface area contributed by atoms with E-state index < -0.39 is 16.1 Å². The van der Waals surface area contributed by atoms with Gasteiger partial charge in [0.1, 0.15) is 25.7 Å². The van der Waals surface area contributed by atoms with Crippen molar-refractivity contribution in [3.8, 4) is 0 Å². The second-order valence-corrected chi connectivity index (χ2v) is 11.0. The summed E-state index contributed by atoms with van der Waals surface area (Å²) < 4.78 is 28.6. The number of nitrogens with one attached hydrogen (secondary N) is 1. The van der Waals surface area contributed by atoms with E-state index in [1.165, 1.54) is 15.4 Å². The molecule has 0 fully saturated rings. The van der Waals surface area contributed by atoms with E-state index in [0.29, 0.717) is 12.2 Å². The average Bonchev–Trinajstić information content (AvgIpc) is 2.89. The van der Waals surface area contributed by atoms with Crippen LogP contribution in [-0.4, -0.2) is 32.7 Å². The van der Waals surface area contributed by atoms with Gasteiger partial charge in [0, 0.05) is 11.1 Å². The maximum absolute atomic E-state index is 13.6. The third kappa shape index (κ3) is 6.82. The summed E-state index contributed by atoms with van der Waals surface area (Å²) in [6, 6.07) is 36.1. The highest BCUT2D eigenvalue weighted by Gasteiger charge is 2.29. The van der Waals surface area contributed by atoms with E-state index in [-0.39, 0.29) is 11.4 Å². The van der Waals surface area contributed by atoms with Gasteiger partial charge >= 0.3 is 0 Å². The van der Waals surface area contributed by atoms with Gasteiger partial charge < -0.3 is 10.0 Å². The van der Waals surface area contributed by atoms with Crippen LogP contribution in [0.3, 0.4) is 0 Å². The molecule has 0 aliphatic rings. The highest BCUT2D eigenvalue weighted by Crippen LogP contribution is 2.24. The first-order valence-corrected chi connectivity index (χ1v) is 13.6. The third-order valence-electron chi connectivity index (χ3n) is 6.15. The lowest BCUT2D eigenvalue weighted by atomic mass is 10.1. The second kappa shape index (κ2) is 12.0. The van der Waals surface area contributed by atoms with Crippen LogP contribution in [0.1, 0.15) is 16.7 Å². The van der Waals surface area contributed by atoms with Crippen LogP contribution in [0.15, 0.2) is 120 Å². The van der Waals surface area contributed by atoms with Crippen LogP contribution in [0, 0.1) is 6.92 Å². The van der Waals surface area contributed by atoms with Gasteiger partial charge in [-0.3, -0.25) is 4.31 Å². The fourth-order valence-electron chi connectivity index (χ4n) is 4.34. The van der Waals surface area contributed by atoms with Gasteiger partial charge in [-0.1, -0.05) is 96.6 Å². The topological polar surface area (TPSA) is 62.1 Å². The fourth-order valence-corrected chi connectivity index (χ4v) is 5.86. The Morgan fingerprint density at radius 2 is 1.19 bits per heavy atom. The number of sulfonamides is 1. The molecule has 36 heavy (non-hydrogen) atoms. The first-order chi connectivity index (χ1) is 17.4. The Bertz CT molecular complexity index is 1270. The molecular formula is C30H33N2O3S+. The van der Waals surface area contributed by atoms with Crippen LogP contribution in [0.5, 0.6) is 0 Å². The zero-order chi connectivity index (χ0) is 25.4. The molecule has 0 heterocycles. The minimum Gasteiger partial charge on any atom is -0.385 e. The SMILES string of the molecule is Cc1ccc(N(C[C@H](O)C[NH+](Cc2ccccc2)Cc2ccccc2)S(=O)(=O)c2ccccc2)cc1. The third-order valence-corrected chi connectivity index (χ3v) is 7.96. The molecule has 0 radical (unpaired) electrons. The molecule has 0 amide bonds. The van der Waals surface area contributed by atoms with Crippen molar-refractivity contribution >= 4 is 15.7 Å². The van der Waals surface area contributed by atoms with E-state index in [1.54, 1.807) is 42.5 Å². The summed E-state index contributed by atoms with van der Waals surface area (Å²) in [5.41, 5.74) is 3.92. The number of nitrogens with zero attached hydrogens (tertiary/aromatic N) is 1. The average molecular weight is 502 g/mol. The number of rotatable bonds is 11. The summed E-state index contributed by atoms with van der Waals surface area (Å²) in [6.45, 7) is 3.78. The maximum atomic E-state index is 13.6. The lowest BCUT2D eigenvalue weighted by Gasteiger charge is -2.29. The molecule has 4 rings (SSSR count). The van der Waals surface area contributed by atoms with Gasteiger partial charge in [-0.15, -0.1) is 0 Å². The molecule has 0 saturated carbocycles. The zero-order valence-electron chi connectivity index (χ0n) is 20.5. The van der Waals surface area contributed by atoms with Crippen molar-refractivity contribution in [3.63, 3.8) is 0 Å². The normalized spacial score (nSPS) is 12.4. The summed E-state index contributed by atoms with van der Waals surface area (Å²) >= 11 is 0. The Hall–Kier alpha value is -3.45. The lowest BCUT2D eigenvalue weighted by Crippen LogP contribution is -3.10. The number of anilines is 1. The van der Waals surface area contributed by atoms with Crippen molar-refractivity contribution in [1.82, 2.24) is 0 Å². The maximum Gasteiger partial charge on any atom is 0.264 e. The van der Waals surface area contributed by atoms with Crippen molar-refractivity contribution in [1.29, 1.82) is 0 Å². The number of aryl methyl sites for hydroxylation is 1. The van der Waals surface area contributed by atoms with E-state index in [1.807, 2.05) is 55.5 Å². The number of hydrogen-bond acceptors (Lipinski definition) is 3. The lowest BCUT2D eigenvalue weighted by molar-refractivity contribution is -0.930. The molecule has 186 valence electrons. The fraction of sp³-hybridized carbons (Fsp3) is 0.200. The first-order valence-electron chi connectivity index (χ1n) is 12.2. The van der Waals surface area contributed by atoms with Crippen molar-refractivity contribution in [3.05, 3.63) is 132 Å². The minimum atomic E-state index is -3.85. The zero-order valence-corrected chi connectivity index (χ0v) is 21.3. The Kier molecular flexibility index (Phi) is 8.54. The number of aliphatic hydroxyl groups is 1. The van der Waals surface area contributed by atoms with Crippen molar-refractivity contribution in [2.75, 3.05) is 17.4 Å². The van der Waals surface area contributed by atoms with Crippen molar-refractivity contribution in [2.45, 2.75) is 31.0 Å². The molecule has 0 spiro atoms. The van der Waals surface area contributed by atoms with Crippen LogP contribution >= 0.6 is 0 Å². The molecule has 4 aromatic carbocycles. The minimum absolute atomic E-state index is 0.0344. The van der Waals surface area contributed by atoms with E-state index in [9.17, 15) is 13.5 Å². The van der Waals surface area contributed by atoms with Gasteiger partial charge in [0.15, 0.2) is 0 Å². The van der Waals surface area contributed by atoms with E-state index in [2.05, 4.69) is 24.3 Å². The summed E-state index contributed by atoms with van der Waals surface area (Å²) in [7, 11) is -3.85. The Morgan fingerprint density at radius 1 is 0.722 bits per heavy atom. The monoisotopic (exact) mass is 501 g/mol. The Morgan fingerprint density at radius 3 is 1.69 bits per heavy atom. The van der Waals surface area contributed by atoms with Gasteiger partial charge in [-0.25, -0.2) is 8.42 Å². The molecular weight excluding hydrogens is 468 g/mol. The van der Waals surface area contributed by atoms with Crippen LogP contribution in [-0.2, 0) is 23.1 Å². The smallest absolute Gasteiger partial charge is 0.264 e. The Balaban J connectivity index is 1.58. The summed E-state index contributed by atoms with van der Waals surface area (Å²) in [6.07, 6.45) is -0.868. The highest BCUT2D eigenvalue weighted by molar-refractivity contribution is 7.92. The summed E-state index contributed by atoms with van der Waals surface area (Å²) in [5.74, 6) is 0. The van der Waals surface area contributed by atoms with E-state index in [4.69, 9.17) is 0 Å². The number of aliphatic hydroxyl groups excluding tert-OH is 1. The van der Waals surface area contributed by atoms with Gasteiger partial charge in [0.2, 0.25) is 0 Å². The van der Waals surface area contributed by atoms with Crippen LogP contribution < -0.4 is 9.21 Å². The van der Waals surface area contributed by atoms with Crippen LogP contribution in [0.25, 0.3) is 0 Å². The van der Waals surface area contributed by atoms with E-state index in [0.717, 1.165) is 23.6 Å². The highest BCUT2D eigenvalue weighted by atomic mass is 32.2. The molecule has 1 atom stereocenters. The molecule has 2 N–H and O–H groups in total. The summed E-state index contributed by atoms with van der Waals surface area (Å²) in [5, 5.41) is 11.2. The molecule has 0 aliphatic carbocycles. The second-order valence-electron chi connectivity index (χ2n) is 9.12. The first kappa shape index (κ1) is 25.6. The predicted molar refractivity (Wildman–Crippen MR) is 144 cm³/mol. The van der Waals surface area contributed by atoms with Gasteiger partial charge in [-0.05, 0) is 31.2 Å². The molecule has 0 unspecified atom stereocenters. The van der Waals surface area contributed by atoms with Crippen molar-refractivity contribution < 1.29 is 18.4 Å². The summed E-state index contributed by atoms with van der Waals surface area (Å²) in [4.78, 5) is 1.36. The molecule has 0 aliphatic heterocycles. The van der Waals surface area contributed by atoms with Gasteiger partial charge in [0.05, 0.1) is 17.1 Å². The van der Waals surface area contributed by atoms with Crippen LogP contribution in [0.4, 0.5) is 5.69 Å². The molecule has 0 aromatic heterocycles. The number of quaternary nitrogens is 1. The largest absolute Gasteiger partial charge is 0.385 e. The number of benzene rings is 4. The standard InChI is InChI=1S/C30H32N2O3S/c1-25-17-19-28(20-18-25)32(36(34,35)30-15-9-4-10-16-30)24-29(33)23-31(21-26-11-5-2-6-12-26)22-27-13-7-3-8-14-27/h2-20,29,33H,21-24H2,1H3/p+1/t29-/m1/s1. The molecule has 4 aromatic rings. The quantitative estimate of drug-likeness (QED) is 0.328. The number of hydrogen-bond donors (Lipinski definition) is 2. The van der Waals surface area contributed by atoms with Crippen LogP contribution in [0.2, 0.25) is 0 Å².